The largest absolute Gasteiger partial charge is 0.487 e. The Morgan fingerprint density at radius 3 is 2.51 bits per heavy atom. The Balaban J connectivity index is 1.82. The molecule has 0 saturated carbocycles. The molecule has 0 amide bonds. The summed E-state index contributed by atoms with van der Waals surface area (Å²) < 4.78 is 7.56. The number of halogens is 1. The molecule has 194 valence electrons. The maximum absolute atomic E-state index is 12.7. The van der Waals surface area contributed by atoms with Crippen molar-refractivity contribution < 1.29 is 19.7 Å². The smallest absolute Gasteiger partial charge is 0.342 e. The Bertz CT molecular complexity index is 1440. The molecule has 1 atom stereocenters. The van der Waals surface area contributed by atoms with E-state index in [9.17, 15) is 15.0 Å². The Hall–Kier alpha value is -3.00. The van der Waals surface area contributed by atoms with Crippen molar-refractivity contribution >= 4 is 40.2 Å². The zero-order valence-electron chi connectivity index (χ0n) is 21.6. The van der Waals surface area contributed by atoms with Gasteiger partial charge in [-0.05, 0) is 54.4 Å². The molecule has 37 heavy (non-hydrogen) atoms. The molecule has 1 unspecified atom stereocenters. The van der Waals surface area contributed by atoms with E-state index >= 15 is 0 Å². The van der Waals surface area contributed by atoms with Gasteiger partial charge in [0, 0.05) is 45.2 Å². The van der Waals surface area contributed by atoms with Crippen molar-refractivity contribution in [3.8, 4) is 5.75 Å². The van der Waals surface area contributed by atoms with Gasteiger partial charge in [0.05, 0.1) is 11.4 Å². The van der Waals surface area contributed by atoms with E-state index in [4.69, 9.17) is 16.3 Å². The molecule has 2 aromatic heterocycles. The van der Waals surface area contributed by atoms with Crippen molar-refractivity contribution in [2.45, 2.75) is 56.0 Å². The van der Waals surface area contributed by atoms with Gasteiger partial charge in [0.25, 0.3) is 0 Å². The van der Waals surface area contributed by atoms with E-state index in [0.717, 1.165) is 22.2 Å². The predicted octanol–water partition coefficient (Wildman–Crippen LogP) is 6.52. The SMILES string of the molecule is Cc1ccc(COc2ccc3c(c2)c(SC(C)(C)C)c(C(O)(Cc2cccc(Cl)c2)C(=O)O)n3C)nc1. The van der Waals surface area contributed by atoms with Crippen LogP contribution in [0.5, 0.6) is 5.75 Å². The van der Waals surface area contributed by atoms with Gasteiger partial charge in [-0.1, -0.05) is 50.6 Å². The van der Waals surface area contributed by atoms with E-state index in [2.05, 4.69) is 25.8 Å². The van der Waals surface area contributed by atoms with Gasteiger partial charge in [-0.15, -0.1) is 11.8 Å². The summed E-state index contributed by atoms with van der Waals surface area (Å²) in [6.45, 7) is 8.46. The average Bonchev–Trinajstić information content (AvgIpc) is 3.08. The molecular weight excluding hydrogens is 508 g/mol. The second-order valence-electron chi connectivity index (χ2n) is 10.2. The molecule has 0 aliphatic rings. The van der Waals surface area contributed by atoms with Crippen LogP contribution in [0.4, 0.5) is 0 Å². The molecule has 2 N–H and O–H groups in total. The third-order valence-corrected chi connectivity index (χ3v) is 7.45. The second kappa shape index (κ2) is 10.4. The Morgan fingerprint density at radius 2 is 1.89 bits per heavy atom. The molecule has 4 aromatic rings. The number of aromatic nitrogens is 2. The van der Waals surface area contributed by atoms with Crippen LogP contribution in [0.25, 0.3) is 10.9 Å². The first-order valence-electron chi connectivity index (χ1n) is 11.9. The summed E-state index contributed by atoms with van der Waals surface area (Å²) in [7, 11) is 1.78. The van der Waals surface area contributed by atoms with Crippen LogP contribution in [0.2, 0.25) is 5.02 Å². The molecular formula is C29H31ClN2O4S. The van der Waals surface area contributed by atoms with Crippen LogP contribution < -0.4 is 4.74 Å². The molecule has 6 nitrogen and oxygen atoms in total. The first kappa shape index (κ1) is 27.0. The molecule has 0 bridgehead atoms. The fraction of sp³-hybridized carbons (Fsp3) is 0.310. The van der Waals surface area contributed by atoms with Crippen LogP contribution in [-0.4, -0.2) is 30.5 Å². The number of thioether (sulfide) groups is 1. The summed E-state index contributed by atoms with van der Waals surface area (Å²) in [4.78, 5) is 17.8. The van der Waals surface area contributed by atoms with Gasteiger partial charge in [-0.25, -0.2) is 4.79 Å². The summed E-state index contributed by atoms with van der Waals surface area (Å²) in [6, 6.07) is 16.5. The quantitative estimate of drug-likeness (QED) is 0.248. The van der Waals surface area contributed by atoms with Crippen LogP contribution in [-0.2, 0) is 30.5 Å². The van der Waals surface area contributed by atoms with Crippen molar-refractivity contribution in [2.75, 3.05) is 0 Å². The van der Waals surface area contributed by atoms with Crippen molar-refractivity contribution in [3.63, 3.8) is 0 Å². The first-order chi connectivity index (χ1) is 17.4. The van der Waals surface area contributed by atoms with Gasteiger partial charge in [0.15, 0.2) is 0 Å². The number of nitrogens with zero attached hydrogens (tertiary/aromatic N) is 2. The lowest BCUT2D eigenvalue weighted by molar-refractivity contribution is -0.160. The normalized spacial score (nSPS) is 13.5. The minimum Gasteiger partial charge on any atom is -0.487 e. The topological polar surface area (TPSA) is 84.6 Å². The summed E-state index contributed by atoms with van der Waals surface area (Å²) in [5.74, 6) is -0.687. The Labute approximate surface area is 226 Å². The molecule has 0 saturated heterocycles. The number of carboxylic acid groups (broad SMARTS) is 1. The minimum absolute atomic E-state index is 0.132. The number of hydrogen-bond acceptors (Lipinski definition) is 5. The Kier molecular flexibility index (Phi) is 7.60. The number of pyridine rings is 1. The van der Waals surface area contributed by atoms with Gasteiger partial charge < -0.3 is 19.5 Å². The number of ether oxygens (including phenoxy) is 1. The van der Waals surface area contributed by atoms with Crippen LogP contribution in [0.15, 0.2) is 65.7 Å². The second-order valence-corrected chi connectivity index (χ2v) is 12.5. The number of hydrogen-bond donors (Lipinski definition) is 2. The van der Waals surface area contributed by atoms with E-state index in [1.165, 1.54) is 11.8 Å². The van der Waals surface area contributed by atoms with Crippen molar-refractivity contribution in [1.29, 1.82) is 0 Å². The standard InChI is InChI=1S/C29H31ClN2O4S/c1-18-9-10-21(31-16-18)17-36-22-11-12-24-23(14-22)25(37-28(2,3)4)26(32(24)5)29(35,27(33)34)15-19-7-6-8-20(30)13-19/h6-14,16,35H,15,17H2,1-5H3,(H,33,34). The lowest BCUT2D eigenvalue weighted by Crippen LogP contribution is -2.40. The highest BCUT2D eigenvalue weighted by molar-refractivity contribution is 8.00. The molecule has 4 rings (SSSR count). The highest BCUT2D eigenvalue weighted by Crippen LogP contribution is 2.46. The number of aryl methyl sites for hydroxylation is 2. The molecule has 0 fully saturated rings. The van der Waals surface area contributed by atoms with E-state index in [0.29, 0.717) is 33.5 Å². The number of aliphatic hydroxyl groups is 1. The first-order valence-corrected chi connectivity index (χ1v) is 13.1. The van der Waals surface area contributed by atoms with Crippen molar-refractivity contribution in [1.82, 2.24) is 9.55 Å². The van der Waals surface area contributed by atoms with Gasteiger partial charge >= 0.3 is 5.97 Å². The lowest BCUT2D eigenvalue weighted by Gasteiger charge is -2.28. The third kappa shape index (κ3) is 5.95. The number of benzene rings is 2. The van der Waals surface area contributed by atoms with E-state index in [1.54, 1.807) is 42.1 Å². The molecule has 2 aromatic carbocycles. The summed E-state index contributed by atoms with van der Waals surface area (Å²) >= 11 is 7.68. The van der Waals surface area contributed by atoms with Gasteiger partial charge in [0.1, 0.15) is 12.4 Å². The van der Waals surface area contributed by atoms with E-state index < -0.39 is 11.6 Å². The number of fused-ring (bicyclic) bond motifs is 1. The summed E-state index contributed by atoms with van der Waals surface area (Å²) in [6.07, 6.45) is 1.67. The van der Waals surface area contributed by atoms with Crippen LogP contribution in [0.3, 0.4) is 0 Å². The molecule has 0 aliphatic carbocycles. The molecule has 0 aliphatic heterocycles. The van der Waals surface area contributed by atoms with Crippen molar-refractivity contribution in [2.24, 2.45) is 7.05 Å². The lowest BCUT2D eigenvalue weighted by atomic mass is 9.91. The van der Waals surface area contributed by atoms with Crippen LogP contribution in [0.1, 0.15) is 43.3 Å². The molecule has 8 heteroatoms. The molecule has 2 heterocycles. The van der Waals surface area contributed by atoms with Gasteiger partial charge in [-0.3, -0.25) is 4.98 Å². The fourth-order valence-corrected chi connectivity index (χ4v) is 5.80. The number of aliphatic carboxylic acids is 1. The zero-order valence-corrected chi connectivity index (χ0v) is 23.2. The maximum Gasteiger partial charge on any atom is 0.342 e. The fourth-order valence-electron chi connectivity index (χ4n) is 4.30. The summed E-state index contributed by atoms with van der Waals surface area (Å²) in [5.41, 5.74) is 1.46. The average molecular weight is 539 g/mol. The van der Waals surface area contributed by atoms with Crippen LogP contribution in [0, 0.1) is 6.92 Å². The molecule has 0 radical (unpaired) electrons. The highest BCUT2D eigenvalue weighted by atomic mass is 35.5. The van der Waals surface area contributed by atoms with Gasteiger partial charge in [-0.2, -0.15) is 0 Å². The maximum atomic E-state index is 12.7. The number of carboxylic acids is 1. The Morgan fingerprint density at radius 1 is 1.14 bits per heavy atom. The zero-order chi connectivity index (χ0) is 27.0. The predicted molar refractivity (Wildman–Crippen MR) is 149 cm³/mol. The van der Waals surface area contributed by atoms with E-state index in [-0.39, 0.29) is 11.2 Å². The number of rotatable bonds is 8. The van der Waals surface area contributed by atoms with Crippen molar-refractivity contribution in [3.05, 3.63) is 88.3 Å². The van der Waals surface area contributed by atoms with Gasteiger partial charge in [0.2, 0.25) is 5.60 Å². The van der Waals surface area contributed by atoms with E-state index in [1.807, 2.05) is 37.3 Å². The number of carbonyl (C=O) groups is 1. The van der Waals surface area contributed by atoms with Crippen LogP contribution >= 0.6 is 23.4 Å². The molecule has 0 spiro atoms. The summed E-state index contributed by atoms with van der Waals surface area (Å²) in [5, 5.41) is 23.4. The monoisotopic (exact) mass is 538 g/mol. The third-order valence-electron chi connectivity index (χ3n) is 5.99. The highest BCUT2D eigenvalue weighted by Gasteiger charge is 2.44. The minimum atomic E-state index is -2.18.